The van der Waals surface area contributed by atoms with Crippen molar-refractivity contribution in [2.45, 2.75) is 19.9 Å². The molecule has 0 aromatic carbocycles. The Kier molecular flexibility index (Phi) is 4.33. The molecule has 3 heterocycles. The molecule has 1 N–H and O–H groups in total. The predicted octanol–water partition coefficient (Wildman–Crippen LogP) is 1.76. The highest BCUT2D eigenvalue weighted by Crippen LogP contribution is 2.20. The molecule has 0 fully saturated rings. The second kappa shape index (κ2) is 6.57. The van der Waals surface area contributed by atoms with Crippen molar-refractivity contribution in [2.24, 2.45) is 5.10 Å². The highest BCUT2D eigenvalue weighted by Gasteiger charge is 2.10. The summed E-state index contributed by atoms with van der Waals surface area (Å²) in [5, 5.41) is 4.31. The molecule has 3 rings (SSSR count). The maximum absolute atomic E-state index is 12.3. The van der Waals surface area contributed by atoms with Gasteiger partial charge in [0, 0.05) is 4.88 Å². The van der Waals surface area contributed by atoms with Crippen molar-refractivity contribution >= 4 is 33.7 Å². The van der Waals surface area contributed by atoms with Crippen LogP contribution in [0.3, 0.4) is 0 Å². The topological polar surface area (TPSA) is 89.5 Å². The highest BCUT2D eigenvalue weighted by atomic mass is 32.1. The van der Waals surface area contributed by atoms with Gasteiger partial charge in [-0.2, -0.15) is 5.10 Å². The Labute approximate surface area is 135 Å². The van der Waals surface area contributed by atoms with E-state index in [1.807, 2.05) is 13.0 Å². The highest BCUT2D eigenvalue weighted by molar-refractivity contribution is 7.18. The van der Waals surface area contributed by atoms with E-state index in [1.165, 1.54) is 34.7 Å². The zero-order chi connectivity index (χ0) is 16.2. The summed E-state index contributed by atoms with van der Waals surface area (Å²) in [7, 11) is 0. The van der Waals surface area contributed by atoms with Crippen LogP contribution in [0.4, 0.5) is 0 Å². The predicted molar refractivity (Wildman–Crippen MR) is 87.7 cm³/mol. The molecule has 0 spiro atoms. The molecule has 8 heteroatoms. The van der Waals surface area contributed by atoms with E-state index < -0.39 is 5.91 Å². The molecule has 0 bridgehead atoms. The molecule has 0 saturated heterocycles. The first-order chi connectivity index (χ1) is 11.2. The lowest BCUT2D eigenvalue weighted by Gasteiger charge is -2.03. The molecular weight excluding hydrogens is 316 g/mol. The van der Waals surface area contributed by atoms with Gasteiger partial charge < -0.3 is 4.42 Å². The minimum Gasteiger partial charge on any atom is -0.463 e. The van der Waals surface area contributed by atoms with Crippen molar-refractivity contribution in [1.29, 1.82) is 0 Å². The first kappa shape index (κ1) is 15.2. The minimum atomic E-state index is -0.415. The fourth-order valence-corrected chi connectivity index (χ4v) is 2.94. The van der Waals surface area contributed by atoms with Gasteiger partial charge in [0.2, 0.25) is 0 Å². The molecule has 0 atom stereocenters. The third-order valence-electron chi connectivity index (χ3n) is 3.16. The van der Waals surface area contributed by atoms with Gasteiger partial charge in [0.15, 0.2) is 0 Å². The zero-order valence-electron chi connectivity index (χ0n) is 12.4. The van der Waals surface area contributed by atoms with E-state index in [0.717, 1.165) is 11.3 Å². The molecule has 0 saturated carbocycles. The fraction of sp³-hybridized carbons (Fsp3) is 0.200. The van der Waals surface area contributed by atoms with Crippen LogP contribution in [0.2, 0.25) is 0 Å². The van der Waals surface area contributed by atoms with E-state index in [1.54, 1.807) is 12.1 Å². The summed E-state index contributed by atoms with van der Waals surface area (Å²) in [6, 6.07) is 5.26. The number of carbonyl (C=O) groups excluding carboxylic acids is 1. The Hall–Kier alpha value is -2.74. The van der Waals surface area contributed by atoms with Crippen molar-refractivity contribution in [3.8, 4) is 0 Å². The first-order valence-corrected chi connectivity index (χ1v) is 7.82. The van der Waals surface area contributed by atoms with Gasteiger partial charge in [0.05, 0.1) is 24.2 Å². The Morgan fingerprint density at radius 2 is 2.43 bits per heavy atom. The number of thiophene rings is 1. The lowest BCUT2D eigenvalue weighted by Crippen LogP contribution is -2.29. The number of nitrogens with one attached hydrogen (secondary N) is 1. The number of rotatable bonds is 5. The van der Waals surface area contributed by atoms with Gasteiger partial charge in [-0.25, -0.2) is 10.4 Å². The third-order valence-corrected chi connectivity index (χ3v) is 4.34. The van der Waals surface area contributed by atoms with Crippen molar-refractivity contribution in [2.75, 3.05) is 0 Å². The summed E-state index contributed by atoms with van der Waals surface area (Å²) in [6.07, 6.45) is 5.13. The van der Waals surface area contributed by atoms with Gasteiger partial charge >= 0.3 is 0 Å². The van der Waals surface area contributed by atoms with Crippen molar-refractivity contribution in [3.63, 3.8) is 0 Å². The van der Waals surface area contributed by atoms with Crippen LogP contribution in [0.1, 0.15) is 17.6 Å². The van der Waals surface area contributed by atoms with Gasteiger partial charge in [-0.05, 0) is 24.6 Å². The summed E-state index contributed by atoms with van der Waals surface area (Å²) in [5.74, 6) is 0.109. The molecule has 0 aliphatic heterocycles. The number of furan rings is 1. The van der Waals surface area contributed by atoms with Gasteiger partial charge in [-0.1, -0.05) is 6.92 Å². The normalized spacial score (nSPS) is 11.3. The average molecular weight is 330 g/mol. The van der Waals surface area contributed by atoms with E-state index in [0.29, 0.717) is 16.0 Å². The molecule has 7 nitrogen and oxygen atoms in total. The van der Waals surface area contributed by atoms with Gasteiger partial charge in [-0.3, -0.25) is 14.2 Å². The molecular formula is C15H14N4O3S. The molecule has 0 aliphatic rings. The number of fused-ring (bicyclic) bond motifs is 1. The molecule has 0 radical (unpaired) electrons. The quantitative estimate of drug-likeness (QED) is 0.570. The smallest absolute Gasteiger partial charge is 0.262 e. The van der Waals surface area contributed by atoms with Crippen molar-refractivity contribution in [3.05, 3.63) is 51.8 Å². The number of hydrazone groups is 1. The first-order valence-electron chi connectivity index (χ1n) is 7.00. The number of carbonyl (C=O) groups is 1. The van der Waals surface area contributed by atoms with Crippen LogP contribution in [0.5, 0.6) is 0 Å². The van der Waals surface area contributed by atoms with E-state index in [9.17, 15) is 9.59 Å². The largest absolute Gasteiger partial charge is 0.463 e. The molecule has 0 unspecified atom stereocenters. The van der Waals surface area contributed by atoms with E-state index in [4.69, 9.17) is 4.42 Å². The minimum absolute atomic E-state index is 0.144. The second-order valence-corrected chi connectivity index (χ2v) is 5.89. The maximum atomic E-state index is 12.3. The van der Waals surface area contributed by atoms with Gasteiger partial charge in [0.25, 0.3) is 11.5 Å². The van der Waals surface area contributed by atoms with E-state index in [-0.39, 0.29) is 12.1 Å². The standard InChI is InChI=1S/C15H14N4O3S/c1-2-11-6-12-14(23-11)16-9-19(15(12)21)8-13(20)18-17-7-10-4-3-5-22-10/h3-7,9H,2,8H2,1H3,(H,18,20)/b17-7+. The summed E-state index contributed by atoms with van der Waals surface area (Å²) < 4.78 is 6.32. The second-order valence-electron chi connectivity index (χ2n) is 4.77. The van der Waals surface area contributed by atoms with Crippen LogP contribution in [0.25, 0.3) is 10.2 Å². The third kappa shape index (κ3) is 3.37. The van der Waals surface area contributed by atoms with E-state index >= 15 is 0 Å². The summed E-state index contributed by atoms with van der Waals surface area (Å²) >= 11 is 1.49. The SMILES string of the molecule is CCc1cc2c(=O)n(CC(=O)N/N=C/c3ccco3)cnc2s1. The average Bonchev–Trinajstić information content (AvgIpc) is 3.19. The molecule has 3 aromatic rings. The number of amides is 1. The molecule has 118 valence electrons. The lowest BCUT2D eigenvalue weighted by molar-refractivity contribution is -0.121. The molecule has 0 aliphatic carbocycles. The van der Waals surface area contributed by atoms with Crippen LogP contribution in [-0.2, 0) is 17.8 Å². The summed E-state index contributed by atoms with van der Waals surface area (Å²) in [4.78, 5) is 30.2. The summed E-state index contributed by atoms with van der Waals surface area (Å²) in [5.41, 5.74) is 2.12. The van der Waals surface area contributed by atoms with Crippen LogP contribution in [0, 0.1) is 0 Å². The molecule has 3 aromatic heterocycles. The Morgan fingerprint density at radius 3 is 3.17 bits per heavy atom. The number of nitrogens with zero attached hydrogens (tertiary/aromatic N) is 3. The number of hydrogen-bond acceptors (Lipinski definition) is 6. The number of hydrogen-bond donors (Lipinski definition) is 1. The molecule has 1 amide bonds. The summed E-state index contributed by atoms with van der Waals surface area (Å²) in [6.45, 7) is 1.88. The van der Waals surface area contributed by atoms with Gasteiger partial charge in [-0.15, -0.1) is 11.3 Å². The van der Waals surface area contributed by atoms with Crippen LogP contribution in [0.15, 0.2) is 45.1 Å². The number of aryl methyl sites for hydroxylation is 1. The number of aromatic nitrogens is 2. The van der Waals surface area contributed by atoms with Crippen molar-refractivity contribution in [1.82, 2.24) is 15.0 Å². The fourth-order valence-electron chi connectivity index (χ4n) is 2.02. The Morgan fingerprint density at radius 1 is 1.57 bits per heavy atom. The lowest BCUT2D eigenvalue weighted by atomic mass is 10.3. The van der Waals surface area contributed by atoms with E-state index in [2.05, 4.69) is 15.5 Å². The molecule has 23 heavy (non-hydrogen) atoms. The van der Waals surface area contributed by atoms with Crippen LogP contribution < -0.4 is 11.0 Å². The van der Waals surface area contributed by atoms with Crippen LogP contribution in [-0.4, -0.2) is 21.7 Å². The maximum Gasteiger partial charge on any atom is 0.262 e. The van der Waals surface area contributed by atoms with Gasteiger partial charge in [0.1, 0.15) is 17.1 Å². The van der Waals surface area contributed by atoms with Crippen molar-refractivity contribution < 1.29 is 9.21 Å². The monoisotopic (exact) mass is 330 g/mol. The zero-order valence-corrected chi connectivity index (χ0v) is 13.2. The Balaban J connectivity index is 1.72. The van der Waals surface area contributed by atoms with Crippen LogP contribution >= 0.6 is 11.3 Å². The Bertz CT molecular complexity index is 909.